The van der Waals surface area contributed by atoms with Gasteiger partial charge in [-0.25, -0.2) is 9.97 Å². The van der Waals surface area contributed by atoms with Crippen LogP contribution in [-0.2, 0) is 4.79 Å². The third-order valence-corrected chi connectivity index (χ3v) is 8.45. The lowest BCUT2D eigenvalue weighted by Crippen LogP contribution is -2.46. The molecule has 2 amide bonds. The largest absolute Gasteiger partial charge is 0.382 e. The van der Waals surface area contributed by atoms with Gasteiger partial charge in [0, 0.05) is 68.0 Å². The van der Waals surface area contributed by atoms with Gasteiger partial charge < -0.3 is 21.3 Å². The van der Waals surface area contributed by atoms with E-state index < -0.39 is 6.04 Å². The van der Waals surface area contributed by atoms with Crippen molar-refractivity contribution in [2.24, 2.45) is 0 Å². The molecule has 0 spiro atoms. The average molecular weight is 609 g/mol. The number of carbonyl (C=O) groups excluding carboxylic acids is 2. The summed E-state index contributed by atoms with van der Waals surface area (Å²) < 4.78 is 1.85. The Kier molecular flexibility index (Phi) is 9.95. The molecule has 1 saturated heterocycles. The van der Waals surface area contributed by atoms with Gasteiger partial charge in [0.2, 0.25) is 5.91 Å². The van der Waals surface area contributed by atoms with E-state index in [1.165, 1.54) is 5.56 Å². The van der Waals surface area contributed by atoms with E-state index in [-0.39, 0.29) is 11.8 Å². The van der Waals surface area contributed by atoms with Gasteiger partial charge in [0.1, 0.15) is 22.9 Å². The number of nitrogens with two attached hydrogens (primary N) is 1. The summed E-state index contributed by atoms with van der Waals surface area (Å²) >= 11 is 0. The van der Waals surface area contributed by atoms with E-state index in [1.807, 2.05) is 41.7 Å². The van der Waals surface area contributed by atoms with Gasteiger partial charge in [0.15, 0.2) is 0 Å². The first-order chi connectivity index (χ1) is 21.6. The minimum Gasteiger partial charge on any atom is -0.382 e. The van der Waals surface area contributed by atoms with Crippen LogP contribution >= 0.6 is 0 Å². The molecule has 0 unspecified atom stereocenters. The van der Waals surface area contributed by atoms with Crippen LogP contribution in [0.1, 0.15) is 67.0 Å². The first-order valence-corrected chi connectivity index (χ1v) is 15.7. The minimum absolute atomic E-state index is 0.189. The molecule has 3 heterocycles. The van der Waals surface area contributed by atoms with Crippen LogP contribution in [0.3, 0.4) is 0 Å². The molecule has 1 aliphatic heterocycles. The monoisotopic (exact) mass is 608 g/mol. The summed E-state index contributed by atoms with van der Waals surface area (Å²) in [7, 11) is 0. The molecule has 10 heteroatoms. The Balaban J connectivity index is 1.32. The predicted molar refractivity (Wildman–Crippen MR) is 180 cm³/mol. The van der Waals surface area contributed by atoms with Crippen LogP contribution in [0.2, 0.25) is 0 Å². The molecule has 4 N–H and O–H groups in total. The lowest BCUT2D eigenvalue weighted by Gasteiger charge is -2.33. The molecule has 0 bridgehead atoms. The van der Waals surface area contributed by atoms with Crippen LogP contribution < -0.4 is 16.4 Å². The van der Waals surface area contributed by atoms with Gasteiger partial charge in [-0.3, -0.25) is 18.9 Å². The average Bonchev–Trinajstić information content (AvgIpc) is 3.42. The maximum atomic E-state index is 13.3. The van der Waals surface area contributed by atoms with E-state index in [2.05, 4.69) is 59.2 Å². The minimum atomic E-state index is -0.415. The Bertz CT molecular complexity index is 1700. The Labute approximate surface area is 265 Å². The molecule has 0 saturated carbocycles. The number of amides is 2. The SMILES string of the molecule is CCN1CCN(C/C=C/C(=O)N[C@@H](C)c2nc(-c3cccc(C(=O)Nc4ccc(C(C)C)c(C)c4)c3)c3c(N)nccn23)CC1. The third kappa shape index (κ3) is 7.41. The van der Waals surface area contributed by atoms with Crippen molar-refractivity contribution >= 4 is 28.8 Å². The number of aryl methyl sites for hydroxylation is 1. The molecule has 2 aromatic heterocycles. The lowest BCUT2D eigenvalue weighted by atomic mass is 9.97. The summed E-state index contributed by atoms with van der Waals surface area (Å²) in [5.74, 6) is 0.923. The summed E-state index contributed by atoms with van der Waals surface area (Å²) in [6.45, 7) is 16.4. The van der Waals surface area contributed by atoms with E-state index in [1.54, 1.807) is 30.6 Å². The van der Waals surface area contributed by atoms with Crippen molar-refractivity contribution in [2.45, 2.75) is 46.6 Å². The van der Waals surface area contributed by atoms with Crippen molar-refractivity contribution in [3.05, 3.63) is 89.5 Å². The number of rotatable bonds is 10. The summed E-state index contributed by atoms with van der Waals surface area (Å²) in [5.41, 5.74) is 11.9. The first kappa shape index (κ1) is 31.9. The van der Waals surface area contributed by atoms with E-state index in [0.717, 1.165) is 56.1 Å². The third-order valence-electron chi connectivity index (χ3n) is 8.45. The number of likely N-dealkylation sites (N-methyl/N-ethyl adjacent to an activating group) is 1. The maximum Gasteiger partial charge on any atom is 0.255 e. The summed E-state index contributed by atoms with van der Waals surface area (Å²) in [5, 5.41) is 6.06. The van der Waals surface area contributed by atoms with Crippen molar-refractivity contribution in [3.63, 3.8) is 0 Å². The van der Waals surface area contributed by atoms with Gasteiger partial charge >= 0.3 is 0 Å². The highest BCUT2D eigenvalue weighted by atomic mass is 16.2. The Morgan fingerprint density at radius 3 is 2.51 bits per heavy atom. The van der Waals surface area contributed by atoms with Crippen LogP contribution in [0.25, 0.3) is 16.8 Å². The van der Waals surface area contributed by atoms with Gasteiger partial charge in [0.05, 0.1) is 6.04 Å². The Morgan fingerprint density at radius 1 is 1.04 bits per heavy atom. The van der Waals surface area contributed by atoms with Crippen LogP contribution in [0.5, 0.6) is 0 Å². The number of nitrogens with zero attached hydrogens (tertiary/aromatic N) is 5. The fourth-order valence-corrected chi connectivity index (χ4v) is 5.93. The second-order valence-electron chi connectivity index (χ2n) is 12.0. The predicted octanol–water partition coefficient (Wildman–Crippen LogP) is 5.03. The van der Waals surface area contributed by atoms with Crippen molar-refractivity contribution in [1.29, 1.82) is 0 Å². The Morgan fingerprint density at radius 2 is 1.80 bits per heavy atom. The number of fused-ring (bicyclic) bond motifs is 1. The van der Waals surface area contributed by atoms with Crippen LogP contribution in [0.4, 0.5) is 11.5 Å². The van der Waals surface area contributed by atoms with E-state index in [0.29, 0.717) is 34.3 Å². The number of hydrogen-bond donors (Lipinski definition) is 3. The van der Waals surface area contributed by atoms with Crippen LogP contribution in [0.15, 0.2) is 67.0 Å². The number of nitrogens with one attached hydrogen (secondary N) is 2. The molecule has 1 fully saturated rings. The summed E-state index contributed by atoms with van der Waals surface area (Å²) in [6.07, 6.45) is 6.90. The molecular weight excluding hydrogens is 564 g/mol. The number of nitrogen functional groups attached to an aromatic ring is 1. The Hall–Kier alpha value is -4.54. The standard InChI is InChI=1S/C35H44N8O2/c1-6-41-17-19-42(20-18-41)15-8-11-30(44)38-25(5)34-40-31(32-33(36)37-14-16-43(32)34)26-9-7-10-27(22-26)35(45)39-28-12-13-29(23(2)3)24(4)21-28/h7-14,16,21-23,25H,6,15,17-20H2,1-5H3,(H2,36,37)(H,38,44)(H,39,45)/b11-8+/t25-/m0/s1. The molecule has 0 radical (unpaired) electrons. The molecule has 2 aromatic carbocycles. The van der Waals surface area contributed by atoms with Crippen LogP contribution in [-0.4, -0.2) is 75.3 Å². The zero-order valence-electron chi connectivity index (χ0n) is 26.9. The normalized spacial score (nSPS) is 15.2. The fraction of sp³-hybridized carbons (Fsp3) is 0.371. The quantitative estimate of drug-likeness (QED) is 0.216. The number of carbonyl (C=O) groups is 2. The summed E-state index contributed by atoms with van der Waals surface area (Å²) in [4.78, 5) is 40.1. The topological polar surface area (TPSA) is 121 Å². The van der Waals surface area contributed by atoms with E-state index in [4.69, 9.17) is 10.7 Å². The molecule has 236 valence electrons. The highest BCUT2D eigenvalue weighted by Gasteiger charge is 2.22. The molecule has 1 atom stereocenters. The molecule has 10 nitrogen and oxygen atoms in total. The zero-order chi connectivity index (χ0) is 32.1. The van der Waals surface area contributed by atoms with Gasteiger partial charge in [-0.1, -0.05) is 45.0 Å². The molecule has 1 aliphatic rings. The van der Waals surface area contributed by atoms with Gasteiger partial charge in [-0.2, -0.15) is 0 Å². The number of anilines is 2. The number of hydrogen-bond acceptors (Lipinski definition) is 7. The zero-order valence-corrected chi connectivity index (χ0v) is 26.9. The van der Waals surface area contributed by atoms with Crippen molar-refractivity contribution in [2.75, 3.05) is 50.3 Å². The molecule has 45 heavy (non-hydrogen) atoms. The second kappa shape index (κ2) is 14.0. The van der Waals surface area contributed by atoms with E-state index >= 15 is 0 Å². The first-order valence-electron chi connectivity index (χ1n) is 15.7. The summed E-state index contributed by atoms with van der Waals surface area (Å²) in [6, 6.07) is 12.9. The smallest absolute Gasteiger partial charge is 0.255 e. The number of benzene rings is 2. The van der Waals surface area contributed by atoms with Crippen molar-refractivity contribution in [3.8, 4) is 11.3 Å². The highest BCUT2D eigenvalue weighted by Crippen LogP contribution is 2.31. The highest BCUT2D eigenvalue weighted by molar-refractivity contribution is 6.05. The van der Waals surface area contributed by atoms with Crippen molar-refractivity contribution < 1.29 is 9.59 Å². The van der Waals surface area contributed by atoms with Gasteiger partial charge in [-0.15, -0.1) is 0 Å². The molecular formula is C35H44N8O2. The van der Waals surface area contributed by atoms with E-state index in [9.17, 15) is 9.59 Å². The maximum absolute atomic E-state index is 13.3. The second-order valence-corrected chi connectivity index (χ2v) is 12.0. The molecule has 5 rings (SSSR count). The fourth-order valence-electron chi connectivity index (χ4n) is 5.93. The van der Waals surface area contributed by atoms with Crippen molar-refractivity contribution in [1.82, 2.24) is 29.5 Å². The van der Waals surface area contributed by atoms with Crippen LogP contribution in [0, 0.1) is 6.92 Å². The number of piperazine rings is 1. The number of imidazole rings is 1. The number of aromatic nitrogens is 3. The van der Waals surface area contributed by atoms with Gasteiger partial charge in [-0.05, 0) is 61.7 Å². The lowest BCUT2D eigenvalue weighted by molar-refractivity contribution is -0.117. The van der Waals surface area contributed by atoms with Gasteiger partial charge in [0.25, 0.3) is 5.91 Å². The molecule has 4 aromatic rings. The molecule has 0 aliphatic carbocycles.